The Morgan fingerprint density at radius 2 is 1.19 bits per heavy atom. The zero-order valence-electron chi connectivity index (χ0n) is 12.5. The summed E-state index contributed by atoms with van der Waals surface area (Å²) in [6.45, 7) is 4.62. The molecule has 0 aromatic heterocycles. The molecular weight excluding hydrogens is 283 g/mol. The average molecular weight is 306 g/mol. The van der Waals surface area contributed by atoms with Crippen LogP contribution in [0.15, 0.2) is 60.7 Å². The number of hydrogen-bond donors (Lipinski definition) is 1. The van der Waals surface area contributed by atoms with E-state index in [1.165, 1.54) is 0 Å². The van der Waals surface area contributed by atoms with E-state index in [0.29, 0.717) is 13.2 Å². The third-order valence-electron chi connectivity index (χ3n) is 3.33. The minimum atomic E-state index is -3.36. The van der Waals surface area contributed by atoms with Crippen molar-refractivity contribution < 1.29 is 13.9 Å². The van der Waals surface area contributed by atoms with E-state index in [-0.39, 0.29) is 5.66 Å². The van der Waals surface area contributed by atoms with Crippen LogP contribution in [0.1, 0.15) is 30.6 Å². The molecular formula is C17H23O3P. The monoisotopic (exact) mass is 306 g/mol. The Morgan fingerprint density at radius 1 is 0.810 bits per heavy atom. The van der Waals surface area contributed by atoms with Gasteiger partial charge in [0.2, 0.25) is 0 Å². The van der Waals surface area contributed by atoms with Gasteiger partial charge in [-0.05, 0) is 0 Å². The standard InChI is InChI=1S/C17H23O3P/c1-3-19-21(18,20-4-2)17(15-11-7-5-8-12-15)16-13-9-6-10-14-16/h5-14,17-18,21H,3-4H2,1-2H3. The van der Waals surface area contributed by atoms with Crippen LogP contribution in [-0.2, 0) is 9.05 Å². The summed E-state index contributed by atoms with van der Waals surface area (Å²) < 4.78 is 11.4. The first-order valence-electron chi connectivity index (χ1n) is 7.31. The second-order valence-electron chi connectivity index (χ2n) is 4.75. The molecule has 4 heteroatoms. The van der Waals surface area contributed by atoms with Crippen molar-refractivity contribution in [2.75, 3.05) is 13.2 Å². The van der Waals surface area contributed by atoms with Crippen LogP contribution < -0.4 is 0 Å². The molecule has 0 saturated carbocycles. The molecule has 0 unspecified atom stereocenters. The van der Waals surface area contributed by atoms with E-state index >= 15 is 0 Å². The molecule has 114 valence electrons. The van der Waals surface area contributed by atoms with E-state index in [1.807, 2.05) is 74.5 Å². The molecule has 0 heterocycles. The maximum absolute atomic E-state index is 11.1. The van der Waals surface area contributed by atoms with Crippen LogP contribution in [0.3, 0.4) is 0 Å². The van der Waals surface area contributed by atoms with Gasteiger partial charge in [0.15, 0.2) is 0 Å². The fourth-order valence-electron chi connectivity index (χ4n) is 2.53. The van der Waals surface area contributed by atoms with Crippen molar-refractivity contribution in [2.45, 2.75) is 19.5 Å². The topological polar surface area (TPSA) is 38.7 Å². The van der Waals surface area contributed by atoms with Crippen LogP contribution >= 0.6 is 7.94 Å². The van der Waals surface area contributed by atoms with Gasteiger partial charge in [0.25, 0.3) is 0 Å². The molecule has 0 amide bonds. The van der Waals surface area contributed by atoms with Crippen LogP contribution in [-0.4, -0.2) is 18.1 Å². The number of hydrogen-bond acceptors (Lipinski definition) is 3. The summed E-state index contributed by atoms with van der Waals surface area (Å²) in [5, 5.41) is 0. The Bertz CT molecular complexity index is 485. The predicted octanol–water partition coefficient (Wildman–Crippen LogP) is 4.34. The number of rotatable bonds is 7. The maximum atomic E-state index is 11.1. The second-order valence-corrected chi connectivity index (χ2v) is 7.17. The fraction of sp³-hybridized carbons (Fsp3) is 0.294. The van der Waals surface area contributed by atoms with Crippen molar-refractivity contribution >= 4 is 7.94 Å². The van der Waals surface area contributed by atoms with E-state index in [9.17, 15) is 4.89 Å². The van der Waals surface area contributed by atoms with Gasteiger partial charge in [-0.1, -0.05) is 0 Å². The van der Waals surface area contributed by atoms with Gasteiger partial charge in [-0.2, -0.15) is 0 Å². The van der Waals surface area contributed by atoms with Gasteiger partial charge in [0.1, 0.15) is 0 Å². The van der Waals surface area contributed by atoms with Crippen molar-refractivity contribution in [1.82, 2.24) is 0 Å². The molecule has 0 radical (unpaired) electrons. The Labute approximate surface area is 127 Å². The van der Waals surface area contributed by atoms with Crippen LogP contribution in [0.5, 0.6) is 0 Å². The van der Waals surface area contributed by atoms with Gasteiger partial charge >= 0.3 is 126 Å². The molecule has 2 aromatic rings. The first-order valence-corrected chi connectivity index (χ1v) is 9.15. The van der Waals surface area contributed by atoms with E-state index in [0.717, 1.165) is 11.1 Å². The summed E-state index contributed by atoms with van der Waals surface area (Å²) in [6.07, 6.45) is 0. The molecule has 2 rings (SSSR count). The van der Waals surface area contributed by atoms with E-state index < -0.39 is 7.94 Å². The van der Waals surface area contributed by atoms with Crippen LogP contribution in [0.4, 0.5) is 0 Å². The Balaban J connectivity index is 2.49. The van der Waals surface area contributed by atoms with Crippen molar-refractivity contribution in [3.8, 4) is 0 Å². The molecule has 0 aliphatic heterocycles. The van der Waals surface area contributed by atoms with Crippen molar-refractivity contribution in [3.63, 3.8) is 0 Å². The zero-order chi connectivity index (χ0) is 15.1. The minimum absolute atomic E-state index is 0.264. The average Bonchev–Trinajstić information content (AvgIpc) is 2.50. The van der Waals surface area contributed by atoms with Gasteiger partial charge in [0, 0.05) is 0 Å². The van der Waals surface area contributed by atoms with E-state index in [4.69, 9.17) is 9.05 Å². The van der Waals surface area contributed by atoms with Gasteiger partial charge in [-0.15, -0.1) is 0 Å². The van der Waals surface area contributed by atoms with Crippen molar-refractivity contribution in [1.29, 1.82) is 0 Å². The molecule has 0 atom stereocenters. The summed E-state index contributed by atoms with van der Waals surface area (Å²) in [7, 11) is -3.36. The molecule has 2 aromatic carbocycles. The number of benzene rings is 2. The van der Waals surface area contributed by atoms with Gasteiger partial charge in [0.05, 0.1) is 0 Å². The molecule has 0 spiro atoms. The van der Waals surface area contributed by atoms with E-state index in [2.05, 4.69) is 0 Å². The van der Waals surface area contributed by atoms with Gasteiger partial charge in [-0.3, -0.25) is 0 Å². The predicted molar refractivity (Wildman–Crippen MR) is 88.5 cm³/mol. The second kappa shape index (κ2) is 7.67. The molecule has 0 aliphatic rings. The summed E-state index contributed by atoms with van der Waals surface area (Å²) in [6, 6.07) is 19.8. The van der Waals surface area contributed by atoms with Crippen molar-refractivity contribution in [3.05, 3.63) is 71.8 Å². The van der Waals surface area contributed by atoms with Crippen LogP contribution in [0.2, 0.25) is 0 Å². The summed E-state index contributed by atoms with van der Waals surface area (Å²) in [4.78, 5) is 11.1. The molecule has 1 N–H and O–H groups in total. The third-order valence-corrected chi connectivity index (χ3v) is 6.13. The van der Waals surface area contributed by atoms with Crippen molar-refractivity contribution in [2.24, 2.45) is 0 Å². The molecule has 21 heavy (non-hydrogen) atoms. The molecule has 3 nitrogen and oxygen atoms in total. The summed E-state index contributed by atoms with van der Waals surface area (Å²) in [5.74, 6) is 0. The van der Waals surface area contributed by atoms with Gasteiger partial charge < -0.3 is 0 Å². The SMILES string of the molecule is CCO[PH](O)(OCC)C(c1ccccc1)c1ccccc1. The van der Waals surface area contributed by atoms with Gasteiger partial charge in [-0.25, -0.2) is 0 Å². The summed E-state index contributed by atoms with van der Waals surface area (Å²) in [5.41, 5.74) is 1.76. The summed E-state index contributed by atoms with van der Waals surface area (Å²) >= 11 is 0. The zero-order valence-corrected chi connectivity index (χ0v) is 13.5. The Morgan fingerprint density at radius 3 is 1.52 bits per heavy atom. The normalized spacial score (nSPS) is 12.6. The third kappa shape index (κ3) is 3.90. The fourth-order valence-corrected chi connectivity index (χ4v) is 5.00. The quantitative estimate of drug-likeness (QED) is 0.774. The molecule has 0 fully saturated rings. The van der Waals surface area contributed by atoms with E-state index in [1.54, 1.807) is 0 Å². The Hall–Kier alpha value is -1.25. The molecule has 0 saturated heterocycles. The van der Waals surface area contributed by atoms with Crippen LogP contribution in [0.25, 0.3) is 0 Å². The molecule has 0 aliphatic carbocycles. The first-order chi connectivity index (χ1) is 10.2. The Kier molecular flexibility index (Phi) is 5.89. The first kappa shape index (κ1) is 16.1. The molecule has 0 bridgehead atoms. The van der Waals surface area contributed by atoms with Crippen LogP contribution in [0, 0.1) is 0 Å².